The Bertz CT molecular complexity index is 837. The van der Waals surface area contributed by atoms with Crippen molar-refractivity contribution in [2.45, 2.75) is 32.7 Å². The van der Waals surface area contributed by atoms with Crippen molar-refractivity contribution in [3.63, 3.8) is 0 Å². The molecule has 1 fully saturated rings. The molecule has 0 spiro atoms. The molecule has 0 aliphatic carbocycles. The number of aromatic amines is 1. The van der Waals surface area contributed by atoms with Gasteiger partial charge in [-0.1, -0.05) is 6.07 Å². The van der Waals surface area contributed by atoms with Crippen LogP contribution in [0.25, 0.3) is 0 Å². The highest BCUT2D eigenvalue weighted by molar-refractivity contribution is 5.54. The van der Waals surface area contributed by atoms with Crippen molar-refractivity contribution in [3.8, 4) is 0 Å². The molecular formula is C20H25N7. The van der Waals surface area contributed by atoms with E-state index in [1.807, 2.05) is 37.5 Å². The number of likely N-dealkylation sites (tertiary alicyclic amines) is 1. The first kappa shape index (κ1) is 17.6. The Kier molecular flexibility index (Phi) is 5.39. The molecule has 1 aliphatic heterocycles. The van der Waals surface area contributed by atoms with Crippen LogP contribution in [0, 0.1) is 12.8 Å². The smallest absolute Gasteiger partial charge is 0.150 e. The van der Waals surface area contributed by atoms with Crippen molar-refractivity contribution < 1.29 is 0 Å². The highest BCUT2D eigenvalue weighted by atomic mass is 15.2. The van der Waals surface area contributed by atoms with Crippen LogP contribution in [0.1, 0.15) is 29.8 Å². The zero-order valence-corrected chi connectivity index (χ0v) is 15.6. The van der Waals surface area contributed by atoms with Crippen LogP contribution in [-0.2, 0) is 13.0 Å². The number of aromatic nitrogens is 5. The van der Waals surface area contributed by atoms with Gasteiger partial charge in [0.15, 0.2) is 0 Å². The number of nitrogens with one attached hydrogen (secondary N) is 2. The first-order valence-electron chi connectivity index (χ1n) is 9.46. The molecule has 3 aromatic heterocycles. The minimum Gasteiger partial charge on any atom is -0.323 e. The number of H-pyrrole nitrogens is 1. The molecule has 4 heterocycles. The van der Waals surface area contributed by atoms with Crippen LogP contribution in [0.2, 0.25) is 0 Å². The molecular weight excluding hydrogens is 338 g/mol. The summed E-state index contributed by atoms with van der Waals surface area (Å²) in [6.07, 6.45) is 10.7. The second-order valence-electron chi connectivity index (χ2n) is 7.19. The van der Waals surface area contributed by atoms with Crippen LogP contribution in [0.15, 0.2) is 43.0 Å². The molecule has 0 unspecified atom stereocenters. The van der Waals surface area contributed by atoms with Gasteiger partial charge in [0.1, 0.15) is 11.6 Å². The van der Waals surface area contributed by atoms with E-state index in [1.165, 1.54) is 18.5 Å². The number of anilines is 2. The number of pyridine rings is 1. The van der Waals surface area contributed by atoms with Crippen LogP contribution >= 0.6 is 0 Å². The molecule has 1 saturated heterocycles. The first-order valence-corrected chi connectivity index (χ1v) is 9.46. The molecule has 27 heavy (non-hydrogen) atoms. The standard InChI is InChI=1S/C20H25N7/c1-15-3-2-7-21-20(15)25-19-13-22-18(12-23-19)11-16-5-9-27(10-6-16)14-17-4-8-24-26-17/h2-4,7-8,12-13,16H,5-6,9-11,14H2,1H3,(H,24,26)(H,21,23,25). The van der Waals surface area contributed by atoms with Crippen LogP contribution in [-0.4, -0.2) is 43.1 Å². The molecule has 4 rings (SSSR count). The van der Waals surface area contributed by atoms with E-state index in [-0.39, 0.29) is 0 Å². The predicted molar refractivity (Wildman–Crippen MR) is 105 cm³/mol. The van der Waals surface area contributed by atoms with Crippen molar-refractivity contribution in [2.75, 3.05) is 18.4 Å². The van der Waals surface area contributed by atoms with E-state index in [9.17, 15) is 0 Å². The third-order valence-corrected chi connectivity index (χ3v) is 5.12. The van der Waals surface area contributed by atoms with E-state index in [0.717, 1.165) is 48.9 Å². The Morgan fingerprint density at radius 2 is 2.00 bits per heavy atom. The summed E-state index contributed by atoms with van der Waals surface area (Å²) in [6.45, 7) is 5.22. The molecule has 0 aromatic carbocycles. The summed E-state index contributed by atoms with van der Waals surface area (Å²) in [5.74, 6) is 2.23. The maximum atomic E-state index is 4.60. The summed E-state index contributed by atoms with van der Waals surface area (Å²) in [4.78, 5) is 15.9. The molecule has 0 amide bonds. The third-order valence-electron chi connectivity index (χ3n) is 5.12. The van der Waals surface area contributed by atoms with Crippen molar-refractivity contribution in [3.05, 3.63) is 59.9 Å². The Morgan fingerprint density at radius 1 is 1.11 bits per heavy atom. The average molecular weight is 363 g/mol. The lowest BCUT2D eigenvalue weighted by molar-refractivity contribution is 0.174. The second-order valence-corrected chi connectivity index (χ2v) is 7.19. The summed E-state index contributed by atoms with van der Waals surface area (Å²) in [6, 6.07) is 6.00. The molecule has 2 N–H and O–H groups in total. The Morgan fingerprint density at radius 3 is 2.70 bits per heavy atom. The topological polar surface area (TPSA) is 82.6 Å². The van der Waals surface area contributed by atoms with Gasteiger partial charge < -0.3 is 5.32 Å². The van der Waals surface area contributed by atoms with Crippen molar-refractivity contribution in [1.82, 2.24) is 30.0 Å². The van der Waals surface area contributed by atoms with Gasteiger partial charge in [0.2, 0.25) is 0 Å². The number of rotatable bonds is 6. The van der Waals surface area contributed by atoms with E-state index >= 15 is 0 Å². The van der Waals surface area contributed by atoms with E-state index in [4.69, 9.17) is 0 Å². The van der Waals surface area contributed by atoms with Crippen LogP contribution < -0.4 is 5.32 Å². The minimum absolute atomic E-state index is 0.675. The fraction of sp³-hybridized carbons (Fsp3) is 0.400. The summed E-state index contributed by atoms with van der Waals surface area (Å²) in [5, 5.41) is 10.3. The van der Waals surface area contributed by atoms with E-state index in [2.05, 4.69) is 35.4 Å². The normalized spacial score (nSPS) is 15.7. The predicted octanol–water partition coefficient (Wildman–Crippen LogP) is 3.10. The lowest BCUT2D eigenvalue weighted by Gasteiger charge is -2.31. The van der Waals surface area contributed by atoms with Gasteiger partial charge in [-0.3, -0.25) is 15.0 Å². The molecule has 3 aromatic rings. The fourth-order valence-corrected chi connectivity index (χ4v) is 3.52. The molecule has 0 atom stereocenters. The molecule has 140 valence electrons. The summed E-state index contributed by atoms with van der Waals surface area (Å²) >= 11 is 0. The van der Waals surface area contributed by atoms with Crippen LogP contribution in [0.5, 0.6) is 0 Å². The molecule has 0 saturated carbocycles. The van der Waals surface area contributed by atoms with Gasteiger partial charge in [-0.2, -0.15) is 5.10 Å². The maximum Gasteiger partial charge on any atom is 0.150 e. The van der Waals surface area contributed by atoms with Crippen molar-refractivity contribution in [2.24, 2.45) is 5.92 Å². The van der Waals surface area contributed by atoms with Crippen molar-refractivity contribution >= 4 is 11.6 Å². The average Bonchev–Trinajstić information content (AvgIpc) is 3.20. The molecule has 7 heteroatoms. The highest BCUT2D eigenvalue weighted by Crippen LogP contribution is 2.22. The quantitative estimate of drug-likeness (QED) is 0.700. The number of piperidine rings is 1. The largest absolute Gasteiger partial charge is 0.323 e. The van der Waals surface area contributed by atoms with Gasteiger partial charge >= 0.3 is 0 Å². The maximum absolute atomic E-state index is 4.60. The number of hydrogen-bond acceptors (Lipinski definition) is 6. The van der Waals surface area contributed by atoms with Gasteiger partial charge in [0, 0.05) is 24.6 Å². The Labute approximate surface area is 159 Å². The van der Waals surface area contributed by atoms with E-state index in [0.29, 0.717) is 5.92 Å². The number of hydrogen-bond donors (Lipinski definition) is 2. The van der Waals surface area contributed by atoms with Gasteiger partial charge in [-0.05, 0) is 62.9 Å². The van der Waals surface area contributed by atoms with E-state index in [1.54, 1.807) is 12.4 Å². The lowest BCUT2D eigenvalue weighted by Crippen LogP contribution is -2.34. The Hall–Kier alpha value is -2.80. The van der Waals surface area contributed by atoms with Gasteiger partial charge in [-0.25, -0.2) is 9.97 Å². The first-order chi connectivity index (χ1) is 13.3. The Balaban J connectivity index is 1.27. The monoisotopic (exact) mass is 363 g/mol. The SMILES string of the molecule is Cc1cccnc1Nc1cnc(CC2CCN(Cc3ccn[nH]3)CC2)cn1. The second kappa shape index (κ2) is 8.26. The van der Waals surface area contributed by atoms with E-state index < -0.39 is 0 Å². The van der Waals surface area contributed by atoms with Crippen molar-refractivity contribution in [1.29, 1.82) is 0 Å². The molecule has 0 bridgehead atoms. The summed E-state index contributed by atoms with van der Waals surface area (Å²) in [5.41, 5.74) is 3.33. The highest BCUT2D eigenvalue weighted by Gasteiger charge is 2.20. The molecule has 7 nitrogen and oxygen atoms in total. The zero-order valence-electron chi connectivity index (χ0n) is 15.6. The van der Waals surface area contributed by atoms with Gasteiger partial charge in [0.05, 0.1) is 18.1 Å². The van der Waals surface area contributed by atoms with Crippen LogP contribution in [0.3, 0.4) is 0 Å². The fourth-order valence-electron chi connectivity index (χ4n) is 3.52. The summed E-state index contributed by atoms with van der Waals surface area (Å²) < 4.78 is 0. The molecule has 0 radical (unpaired) electrons. The van der Waals surface area contributed by atoms with Crippen LogP contribution in [0.4, 0.5) is 11.6 Å². The number of nitrogens with zero attached hydrogens (tertiary/aromatic N) is 5. The third kappa shape index (κ3) is 4.68. The van der Waals surface area contributed by atoms with Gasteiger partial charge in [-0.15, -0.1) is 0 Å². The lowest BCUT2D eigenvalue weighted by atomic mass is 9.92. The molecule has 1 aliphatic rings. The minimum atomic E-state index is 0.675. The zero-order chi connectivity index (χ0) is 18.5. The number of aryl methyl sites for hydroxylation is 1. The summed E-state index contributed by atoms with van der Waals surface area (Å²) in [7, 11) is 0. The van der Waals surface area contributed by atoms with Gasteiger partial charge in [0.25, 0.3) is 0 Å².